The molecule has 0 spiro atoms. The number of hydrogen-bond acceptors (Lipinski definition) is 5. The molecular formula is C27H23ClF3N5O3. The van der Waals surface area contributed by atoms with Crippen molar-refractivity contribution >= 4 is 40.8 Å². The van der Waals surface area contributed by atoms with Crippen LogP contribution in [0.25, 0.3) is 0 Å². The Labute approximate surface area is 226 Å². The van der Waals surface area contributed by atoms with E-state index in [-0.39, 0.29) is 40.8 Å². The molecule has 1 aliphatic heterocycles. The lowest BCUT2D eigenvalue weighted by Gasteiger charge is -2.39. The van der Waals surface area contributed by atoms with Crippen molar-refractivity contribution < 1.29 is 27.6 Å². The van der Waals surface area contributed by atoms with Gasteiger partial charge in [-0.25, -0.2) is 18.2 Å². The summed E-state index contributed by atoms with van der Waals surface area (Å²) >= 11 is 6.47. The molecule has 1 aromatic heterocycles. The maximum absolute atomic E-state index is 14.4. The summed E-state index contributed by atoms with van der Waals surface area (Å²) in [6, 6.07) is 8.00. The molecule has 1 unspecified atom stereocenters. The molecule has 2 atom stereocenters. The standard InChI is InChI=1S/C27H23ClF3N5O3/c28-20-7-2-1-6-19(20)24(25(38)34-17-13-27(30,31)14-17)35(18-5-3-4-16(29)12-18)26(39)21-8-9-23(37)36(21)22-15-32-10-11-33-22/h1-7,10-12,15,17,21,24H,8-9,13-14H2,(H,34,38)/t21-,24?/m0/s1. The smallest absolute Gasteiger partial charge is 0.252 e. The Kier molecular flexibility index (Phi) is 7.26. The molecule has 202 valence electrons. The van der Waals surface area contributed by atoms with Gasteiger partial charge in [-0.1, -0.05) is 35.9 Å². The minimum absolute atomic E-state index is 0.0254. The van der Waals surface area contributed by atoms with Gasteiger partial charge in [0.05, 0.1) is 6.20 Å². The van der Waals surface area contributed by atoms with E-state index in [1.807, 2.05) is 0 Å². The van der Waals surface area contributed by atoms with Gasteiger partial charge in [0, 0.05) is 54.0 Å². The monoisotopic (exact) mass is 557 g/mol. The first kappa shape index (κ1) is 26.6. The molecule has 12 heteroatoms. The van der Waals surface area contributed by atoms with Crippen LogP contribution in [0.5, 0.6) is 0 Å². The predicted molar refractivity (Wildman–Crippen MR) is 137 cm³/mol. The second-order valence-corrected chi connectivity index (χ2v) is 9.87. The van der Waals surface area contributed by atoms with Crippen LogP contribution in [-0.4, -0.2) is 45.7 Å². The van der Waals surface area contributed by atoms with E-state index >= 15 is 0 Å². The zero-order valence-electron chi connectivity index (χ0n) is 20.4. The highest BCUT2D eigenvalue weighted by molar-refractivity contribution is 6.31. The number of anilines is 2. The summed E-state index contributed by atoms with van der Waals surface area (Å²) < 4.78 is 41.5. The number of hydrogen-bond donors (Lipinski definition) is 1. The fourth-order valence-corrected chi connectivity index (χ4v) is 5.19. The molecule has 2 aliphatic rings. The van der Waals surface area contributed by atoms with E-state index in [2.05, 4.69) is 15.3 Å². The Morgan fingerprint density at radius 3 is 2.56 bits per heavy atom. The Balaban J connectivity index is 1.60. The summed E-state index contributed by atoms with van der Waals surface area (Å²) in [5.74, 6) is -5.25. The molecule has 0 bridgehead atoms. The lowest BCUT2D eigenvalue weighted by Crippen LogP contribution is -2.56. The molecule has 1 N–H and O–H groups in total. The van der Waals surface area contributed by atoms with Crippen molar-refractivity contribution in [3.05, 3.63) is 83.5 Å². The van der Waals surface area contributed by atoms with Crippen LogP contribution >= 0.6 is 11.6 Å². The molecule has 1 saturated heterocycles. The van der Waals surface area contributed by atoms with Gasteiger partial charge in [0.1, 0.15) is 17.9 Å². The normalized spacial score (nSPS) is 19.3. The minimum atomic E-state index is -2.89. The van der Waals surface area contributed by atoms with Gasteiger partial charge < -0.3 is 5.32 Å². The van der Waals surface area contributed by atoms with Crippen molar-refractivity contribution in [2.24, 2.45) is 0 Å². The molecule has 5 rings (SSSR count). The fourth-order valence-electron chi connectivity index (χ4n) is 4.95. The van der Waals surface area contributed by atoms with E-state index in [1.165, 1.54) is 53.8 Å². The van der Waals surface area contributed by atoms with Gasteiger partial charge in [-0.3, -0.25) is 29.2 Å². The van der Waals surface area contributed by atoms with E-state index in [9.17, 15) is 27.6 Å². The average Bonchev–Trinajstić information content (AvgIpc) is 3.28. The highest BCUT2D eigenvalue weighted by Gasteiger charge is 2.48. The van der Waals surface area contributed by atoms with Crippen LogP contribution in [-0.2, 0) is 14.4 Å². The molecule has 1 aliphatic carbocycles. The summed E-state index contributed by atoms with van der Waals surface area (Å²) in [5.41, 5.74) is 0.230. The van der Waals surface area contributed by atoms with Crippen LogP contribution in [0, 0.1) is 5.82 Å². The largest absolute Gasteiger partial charge is 0.351 e. The first-order chi connectivity index (χ1) is 18.6. The molecule has 3 amide bonds. The Morgan fingerprint density at radius 1 is 1.13 bits per heavy atom. The van der Waals surface area contributed by atoms with Crippen LogP contribution in [0.4, 0.5) is 24.7 Å². The molecule has 0 radical (unpaired) electrons. The van der Waals surface area contributed by atoms with Gasteiger partial charge in [0.25, 0.3) is 11.8 Å². The van der Waals surface area contributed by atoms with Crippen molar-refractivity contribution in [3.8, 4) is 0 Å². The van der Waals surface area contributed by atoms with Crippen molar-refractivity contribution in [3.63, 3.8) is 0 Å². The fraction of sp³-hybridized carbons (Fsp3) is 0.296. The second kappa shape index (κ2) is 10.6. The molecule has 3 aromatic rings. The molecule has 2 fully saturated rings. The number of carbonyl (C=O) groups is 3. The number of amides is 3. The molecule has 2 heterocycles. The third kappa shape index (κ3) is 5.44. The van der Waals surface area contributed by atoms with Crippen LogP contribution < -0.4 is 15.1 Å². The summed E-state index contributed by atoms with van der Waals surface area (Å²) in [4.78, 5) is 51.3. The highest BCUT2D eigenvalue weighted by Crippen LogP contribution is 2.39. The number of halogens is 4. The highest BCUT2D eigenvalue weighted by atomic mass is 35.5. The molecular weight excluding hydrogens is 535 g/mol. The second-order valence-electron chi connectivity index (χ2n) is 9.46. The number of nitrogens with one attached hydrogen (secondary N) is 1. The summed E-state index contributed by atoms with van der Waals surface area (Å²) in [6.45, 7) is 0. The summed E-state index contributed by atoms with van der Waals surface area (Å²) in [5, 5.41) is 2.73. The number of aromatic nitrogens is 2. The van der Waals surface area contributed by atoms with Gasteiger partial charge in [-0.05, 0) is 30.7 Å². The van der Waals surface area contributed by atoms with Gasteiger partial charge >= 0.3 is 0 Å². The molecule has 2 aromatic carbocycles. The lowest BCUT2D eigenvalue weighted by atomic mass is 9.87. The first-order valence-electron chi connectivity index (χ1n) is 12.2. The predicted octanol–water partition coefficient (Wildman–Crippen LogP) is 4.45. The topological polar surface area (TPSA) is 95.5 Å². The van der Waals surface area contributed by atoms with E-state index in [0.29, 0.717) is 0 Å². The van der Waals surface area contributed by atoms with Crippen molar-refractivity contribution in [2.75, 3.05) is 9.80 Å². The average molecular weight is 558 g/mol. The van der Waals surface area contributed by atoms with Crippen molar-refractivity contribution in [2.45, 2.75) is 49.7 Å². The number of alkyl halides is 2. The van der Waals surface area contributed by atoms with Crippen LogP contribution in [0.2, 0.25) is 5.02 Å². The number of rotatable bonds is 7. The van der Waals surface area contributed by atoms with E-state index < -0.39 is 54.5 Å². The summed E-state index contributed by atoms with van der Waals surface area (Å²) in [7, 11) is 0. The number of carbonyl (C=O) groups excluding carboxylic acids is 3. The molecule has 1 saturated carbocycles. The molecule has 8 nitrogen and oxygen atoms in total. The van der Waals surface area contributed by atoms with Crippen molar-refractivity contribution in [1.29, 1.82) is 0 Å². The Bertz CT molecular complexity index is 1400. The SMILES string of the molecule is O=C(NC1CC(F)(F)C1)C(c1ccccc1Cl)N(C(=O)[C@@H]1CCC(=O)N1c1cnccn1)c1cccc(F)c1. The third-order valence-corrected chi connectivity index (χ3v) is 7.10. The van der Waals surface area contributed by atoms with Gasteiger partial charge in [-0.15, -0.1) is 0 Å². The van der Waals surface area contributed by atoms with Gasteiger partial charge in [-0.2, -0.15) is 0 Å². The lowest BCUT2D eigenvalue weighted by molar-refractivity contribution is -0.133. The van der Waals surface area contributed by atoms with E-state index in [1.54, 1.807) is 12.1 Å². The van der Waals surface area contributed by atoms with Crippen LogP contribution in [0.1, 0.15) is 37.3 Å². The number of nitrogens with zero attached hydrogens (tertiary/aromatic N) is 4. The van der Waals surface area contributed by atoms with Gasteiger partial charge in [0.2, 0.25) is 11.8 Å². The maximum atomic E-state index is 14.4. The van der Waals surface area contributed by atoms with Crippen LogP contribution in [0.15, 0.2) is 67.1 Å². The Hall–Kier alpha value is -3.99. The van der Waals surface area contributed by atoms with E-state index in [4.69, 9.17) is 11.6 Å². The quantitative estimate of drug-likeness (QED) is 0.463. The summed E-state index contributed by atoms with van der Waals surface area (Å²) in [6.07, 6.45) is 3.18. The van der Waals surface area contributed by atoms with Gasteiger partial charge in [0.15, 0.2) is 5.82 Å². The van der Waals surface area contributed by atoms with Crippen molar-refractivity contribution in [1.82, 2.24) is 15.3 Å². The number of benzene rings is 2. The Morgan fingerprint density at radius 2 is 1.90 bits per heavy atom. The minimum Gasteiger partial charge on any atom is -0.351 e. The molecule has 39 heavy (non-hydrogen) atoms. The van der Waals surface area contributed by atoms with E-state index in [0.717, 1.165) is 11.0 Å². The first-order valence-corrected chi connectivity index (χ1v) is 12.6. The third-order valence-electron chi connectivity index (χ3n) is 6.76. The zero-order valence-corrected chi connectivity index (χ0v) is 21.2. The van der Waals surface area contributed by atoms with Crippen LogP contribution in [0.3, 0.4) is 0 Å². The maximum Gasteiger partial charge on any atom is 0.252 e. The zero-order chi connectivity index (χ0) is 27.7.